The van der Waals surface area contributed by atoms with Crippen LogP contribution in [0.1, 0.15) is 35.2 Å². The van der Waals surface area contributed by atoms with Gasteiger partial charge in [0.15, 0.2) is 0 Å². The molecule has 104 valence electrons. The normalized spacial score (nSPS) is 18.3. The van der Waals surface area contributed by atoms with Crippen LogP contribution in [-0.4, -0.2) is 32.1 Å². The predicted molar refractivity (Wildman–Crippen MR) is 75.7 cm³/mol. The molecule has 1 saturated heterocycles. The molecule has 1 aromatic carbocycles. The molecule has 1 unspecified atom stereocenters. The highest BCUT2D eigenvalue weighted by Crippen LogP contribution is 2.18. The lowest BCUT2D eigenvalue weighted by molar-refractivity contribution is 0.0952. The average Bonchev–Trinajstić information content (AvgIpc) is 2.92. The van der Waals surface area contributed by atoms with E-state index in [1.54, 1.807) is 13.2 Å². The van der Waals surface area contributed by atoms with Gasteiger partial charge >= 0.3 is 0 Å². The second-order valence-corrected chi connectivity index (χ2v) is 5.02. The summed E-state index contributed by atoms with van der Waals surface area (Å²) in [5.74, 6) is 0.724. The lowest BCUT2D eigenvalue weighted by atomic mass is 10.1. The maximum Gasteiger partial charge on any atom is 0.251 e. The minimum absolute atomic E-state index is 0.0312. The summed E-state index contributed by atoms with van der Waals surface area (Å²) in [5.41, 5.74) is 1.69. The number of ether oxygens (including phenoxy) is 1. The minimum atomic E-state index is -0.0312. The fourth-order valence-corrected chi connectivity index (χ4v) is 2.43. The summed E-state index contributed by atoms with van der Waals surface area (Å²) < 4.78 is 5.23. The molecule has 1 atom stereocenters. The Balaban J connectivity index is 1.85. The van der Waals surface area contributed by atoms with Crippen LogP contribution in [0.3, 0.4) is 0 Å². The van der Waals surface area contributed by atoms with E-state index in [1.807, 2.05) is 19.1 Å². The van der Waals surface area contributed by atoms with E-state index in [2.05, 4.69) is 10.6 Å². The van der Waals surface area contributed by atoms with Gasteiger partial charge in [-0.2, -0.15) is 0 Å². The van der Waals surface area contributed by atoms with Crippen LogP contribution >= 0.6 is 0 Å². The number of nitrogens with one attached hydrogen (secondary N) is 2. The molecule has 0 bridgehead atoms. The van der Waals surface area contributed by atoms with Crippen molar-refractivity contribution in [3.63, 3.8) is 0 Å². The van der Waals surface area contributed by atoms with E-state index in [9.17, 15) is 4.79 Å². The molecule has 2 rings (SSSR count). The first-order valence-electron chi connectivity index (χ1n) is 6.87. The second kappa shape index (κ2) is 6.57. The zero-order valence-corrected chi connectivity index (χ0v) is 11.7. The molecule has 1 aromatic rings. The average molecular weight is 262 g/mol. The highest BCUT2D eigenvalue weighted by molar-refractivity contribution is 5.94. The standard InChI is InChI=1S/C15H22N2O2/c1-11-5-6-12(10-14(11)19-2)15(18)17-9-7-13-4-3-8-16-13/h5-6,10,13,16H,3-4,7-9H2,1-2H3,(H,17,18). The van der Waals surface area contributed by atoms with Crippen LogP contribution in [0.15, 0.2) is 18.2 Å². The second-order valence-electron chi connectivity index (χ2n) is 5.02. The van der Waals surface area contributed by atoms with Crippen LogP contribution in [0.5, 0.6) is 5.75 Å². The fraction of sp³-hybridized carbons (Fsp3) is 0.533. The Kier molecular flexibility index (Phi) is 4.80. The Morgan fingerprint density at radius 2 is 2.37 bits per heavy atom. The van der Waals surface area contributed by atoms with Gasteiger partial charge in [-0.15, -0.1) is 0 Å². The summed E-state index contributed by atoms with van der Waals surface area (Å²) in [6, 6.07) is 6.10. The predicted octanol–water partition coefficient (Wildman–Crippen LogP) is 1.88. The number of benzene rings is 1. The summed E-state index contributed by atoms with van der Waals surface area (Å²) in [5, 5.41) is 6.39. The van der Waals surface area contributed by atoms with E-state index in [0.29, 0.717) is 18.2 Å². The van der Waals surface area contributed by atoms with Gasteiger partial charge in [0.2, 0.25) is 0 Å². The maximum absolute atomic E-state index is 12.0. The highest BCUT2D eigenvalue weighted by atomic mass is 16.5. The van der Waals surface area contributed by atoms with Crippen molar-refractivity contribution < 1.29 is 9.53 Å². The first-order valence-corrected chi connectivity index (χ1v) is 6.87. The van der Waals surface area contributed by atoms with Crippen molar-refractivity contribution >= 4 is 5.91 Å². The monoisotopic (exact) mass is 262 g/mol. The number of carbonyl (C=O) groups excluding carboxylic acids is 1. The third-order valence-corrected chi connectivity index (χ3v) is 3.61. The van der Waals surface area contributed by atoms with E-state index >= 15 is 0 Å². The van der Waals surface area contributed by atoms with E-state index in [4.69, 9.17) is 4.74 Å². The molecule has 1 aliphatic heterocycles. The van der Waals surface area contributed by atoms with Crippen LogP contribution in [0.25, 0.3) is 0 Å². The van der Waals surface area contributed by atoms with Gasteiger partial charge in [0.05, 0.1) is 7.11 Å². The van der Waals surface area contributed by atoms with Crippen LogP contribution in [0, 0.1) is 6.92 Å². The van der Waals surface area contributed by atoms with E-state index < -0.39 is 0 Å². The Bertz CT molecular complexity index is 440. The topological polar surface area (TPSA) is 50.4 Å². The molecule has 0 radical (unpaired) electrons. The number of amides is 1. The summed E-state index contributed by atoms with van der Waals surface area (Å²) in [6.45, 7) is 3.78. The Morgan fingerprint density at radius 1 is 1.53 bits per heavy atom. The van der Waals surface area contributed by atoms with Crippen molar-refractivity contribution in [2.45, 2.75) is 32.2 Å². The van der Waals surface area contributed by atoms with Crippen LogP contribution in [0.2, 0.25) is 0 Å². The first-order chi connectivity index (χ1) is 9.20. The summed E-state index contributed by atoms with van der Waals surface area (Å²) >= 11 is 0. The molecule has 1 aliphatic rings. The van der Waals surface area contributed by atoms with Gasteiger partial charge in [-0.3, -0.25) is 4.79 Å². The van der Waals surface area contributed by atoms with Crippen molar-refractivity contribution in [1.29, 1.82) is 0 Å². The summed E-state index contributed by atoms with van der Waals surface area (Å²) in [6.07, 6.45) is 3.46. The number of hydrogen-bond acceptors (Lipinski definition) is 3. The van der Waals surface area contributed by atoms with Gasteiger partial charge in [-0.05, 0) is 50.4 Å². The summed E-state index contributed by atoms with van der Waals surface area (Å²) in [7, 11) is 1.62. The van der Waals surface area contributed by atoms with Gasteiger partial charge in [-0.1, -0.05) is 6.07 Å². The number of methoxy groups -OCH3 is 1. The number of rotatable bonds is 5. The Hall–Kier alpha value is -1.55. The smallest absolute Gasteiger partial charge is 0.251 e. The summed E-state index contributed by atoms with van der Waals surface area (Å²) in [4.78, 5) is 12.0. The van der Waals surface area contributed by atoms with Crippen molar-refractivity contribution in [3.05, 3.63) is 29.3 Å². The molecule has 4 nitrogen and oxygen atoms in total. The fourth-order valence-electron chi connectivity index (χ4n) is 2.43. The zero-order chi connectivity index (χ0) is 13.7. The molecular formula is C15H22N2O2. The van der Waals surface area contributed by atoms with Crippen LogP contribution < -0.4 is 15.4 Å². The number of aryl methyl sites for hydroxylation is 1. The maximum atomic E-state index is 12.0. The largest absolute Gasteiger partial charge is 0.496 e. The SMILES string of the molecule is COc1cc(C(=O)NCCC2CCCN2)ccc1C. The Morgan fingerprint density at radius 3 is 3.05 bits per heavy atom. The molecule has 4 heteroatoms. The molecule has 0 aromatic heterocycles. The van der Waals surface area contributed by atoms with Gasteiger partial charge in [0.25, 0.3) is 5.91 Å². The minimum Gasteiger partial charge on any atom is -0.496 e. The highest BCUT2D eigenvalue weighted by Gasteiger charge is 2.14. The van der Waals surface area contributed by atoms with Crippen molar-refractivity contribution in [2.75, 3.05) is 20.2 Å². The number of carbonyl (C=O) groups is 1. The van der Waals surface area contributed by atoms with E-state index in [-0.39, 0.29) is 5.91 Å². The molecule has 1 heterocycles. The van der Waals surface area contributed by atoms with Crippen molar-refractivity contribution in [2.24, 2.45) is 0 Å². The van der Waals surface area contributed by atoms with Gasteiger partial charge in [0, 0.05) is 18.2 Å². The van der Waals surface area contributed by atoms with Gasteiger partial charge in [0.1, 0.15) is 5.75 Å². The molecule has 2 N–H and O–H groups in total. The lowest BCUT2D eigenvalue weighted by Crippen LogP contribution is -2.30. The molecule has 19 heavy (non-hydrogen) atoms. The molecule has 0 saturated carbocycles. The lowest BCUT2D eigenvalue weighted by Gasteiger charge is -2.11. The van der Waals surface area contributed by atoms with E-state index in [0.717, 1.165) is 24.3 Å². The van der Waals surface area contributed by atoms with Gasteiger partial charge in [-0.25, -0.2) is 0 Å². The first kappa shape index (κ1) is 13.9. The van der Waals surface area contributed by atoms with Gasteiger partial charge < -0.3 is 15.4 Å². The molecule has 0 aliphatic carbocycles. The molecule has 0 spiro atoms. The van der Waals surface area contributed by atoms with Crippen LogP contribution in [-0.2, 0) is 0 Å². The zero-order valence-electron chi connectivity index (χ0n) is 11.7. The quantitative estimate of drug-likeness (QED) is 0.852. The molecule has 1 fully saturated rings. The third-order valence-electron chi connectivity index (χ3n) is 3.61. The third kappa shape index (κ3) is 3.70. The number of hydrogen-bond donors (Lipinski definition) is 2. The Labute approximate surface area is 114 Å². The molecule has 1 amide bonds. The van der Waals surface area contributed by atoms with Crippen molar-refractivity contribution in [1.82, 2.24) is 10.6 Å². The van der Waals surface area contributed by atoms with Crippen molar-refractivity contribution in [3.8, 4) is 5.75 Å². The van der Waals surface area contributed by atoms with Crippen LogP contribution in [0.4, 0.5) is 0 Å². The van der Waals surface area contributed by atoms with E-state index in [1.165, 1.54) is 12.8 Å². The molecular weight excluding hydrogens is 240 g/mol.